The number of benzene rings is 1. The van der Waals surface area contributed by atoms with E-state index in [1.165, 1.54) is 38.0 Å². The molecule has 5 heteroatoms. The molecule has 3 rings (SSSR count). The van der Waals surface area contributed by atoms with Gasteiger partial charge in [-0.3, -0.25) is 0 Å². The van der Waals surface area contributed by atoms with Crippen molar-refractivity contribution in [3.8, 4) is 0 Å². The zero-order chi connectivity index (χ0) is 14.1. The van der Waals surface area contributed by atoms with Crippen LogP contribution in [0.5, 0.6) is 0 Å². The second-order valence-electron chi connectivity index (χ2n) is 5.82. The first-order valence-electron chi connectivity index (χ1n) is 7.24. The summed E-state index contributed by atoms with van der Waals surface area (Å²) in [4.78, 5) is 5.87. The van der Waals surface area contributed by atoms with Gasteiger partial charge in [-0.1, -0.05) is 22.9 Å². The van der Waals surface area contributed by atoms with Crippen LogP contribution in [0.1, 0.15) is 19.8 Å². The van der Waals surface area contributed by atoms with Crippen molar-refractivity contribution >= 4 is 39.2 Å². The van der Waals surface area contributed by atoms with E-state index in [1.54, 1.807) is 0 Å². The molecular weight excluding hydrogens is 334 g/mol. The molecule has 1 aromatic carbocycles. The molecule has 0 radical (unpaired) electrons. The Hall–Kier alpha value is -0.650. The van der Waals surface area contributed by atoms with Gasteiger partial charge in [-0.2, -0.15) is 0 Å². The highest BCUT2D eigenvalue weighted by Gasteiger charge is 2.16. The number of nitrogens with zero attached hydrogens (tertiary/aromatic N) is 2. The number of aromatic nitrogens is 2. The molecule has 20 heavy (non-hydrogen) atoms. The van der Waals surface area contributed by atoms with Crippen molar-refractivity contribution in [1.82, 2.24) is 14.5 Å². The van der Waals surface area contributed by atoms with Gasteiger partial charge in [0.15, 0.2) is 4.77 Å². The van der Waals surface area contributed by atoms with Crippen LogP contribution in [0.15, 0.2) is 22.7 Å². The third-order valence-electron chi connectivity index (χ3n) is 4.00. The van der Waals surface area contributed by atoms with Crippen molar-refractivity contribution in [3.63, 3.8) is 0 Å². The molecule has 0 saturated carbocycles. The zero-order valence-corrected chi connectivity index (χ0v) is 14.1. The van der Waals surface area contributed by atoms with E-state index in [0.717, 1.165) is 21.3 Å². The molecule has 1 atom stereocenters. The molecule has 1 N–H and O–H groups in total. The molecule has 1 saturated heterocycles. The maximum Gasteiger partial charge on any atom is 0.178 e. The van der Waals surface area contributed by atoms with Crippen molar-refractivity contribution < 1.29 is 0 Å². The van der Waals surface area contributed by atoms with Crippen LogP contribution in [0.2, 0.25) is 0 Å². The Bertz CT molecular complexity index is 655. The number of H-pyrrole nitrogens is 1. The number of hydrogen-bond donors (Lipinski definition) is 1. The minimum Gasteiger partial charge on any atom is -0.331 e. The summed E-state index contributed by atoms with van der Waals surface area (Å²) < 4.78 is 4.14. The Morgan fingerprint density at radius 2 is 2.05 bits per heavy atom. The third-order valence-corrected chi connectivity index (χ3v) is 4.81. The number of fused-ring (bicyclic) bond motifs is 1. The first kappa shape index (κ1) is 14.3. The van der Waals surface area contributed by atoms with E-state index in [1.807, 2.05) is 0 Å². The topological polar surface area (TPSA) is 24.0 Å². The molecule has 2 aromatic rings. The maximum atomic E-state index is 5.48. The molecule has 108 valence electrons. The van der Waals surface area contributed by atoms with Gasteiger partial charge in [-0.25, -0.2) is 0 Å². The van der Waals surface area contributed by atoms with Crippen molar-refractivity contribution in [1.29, 1.82) is 0 Å². The third kappa shape index (κ3) is 3.00. The molecule has 1 fully saturated rings. The standard InChI is InChI=1S/C15H20BrN3S/c1-11(9-18-6-2-3-7-18)10-19-14-5-4-12(16)8-13(14)17-15(19)20/h4-5,8,11H,2-3,6-7,9-10H2,1H3,(H,17,20). The summed E-state index contributed by atoms with van der Waals surface area (Å²) >= 11 is 8.98. The van der Waals surface area contributed by atoms with Gasteiger partial charge in [0, 0.05) is 17.6 Å². The molecule has 1 aromatic heterocycles. The van der Waals surface area contributed by atoms with E-state index in [2.05, 4.69) is 55.5 Å². The number of halogens is 1. The van der Waals surface area contributed by atoms with Gasteiger partial charge >= 0.3 is 0 Å². The van der Waals surface area contributed by atoms with E-state index in [0.29, 0.717) is 5.92 Å². The number of rotatable bonds is 4. The summed E-state index contributed by atoms with van der Waals surface area (Å²) in [5.41, 5.74) is 2.31. The van der Waals surface area contributed by atoms with Crippen LogP contribution in [0.4, 0.5) is 0 Å². The Balaban J connectivity index is 1.79. The number of hydrogen-bond acceptors (Lipinski definition) is 2. The predicted molar refractivity (Wildman–Crippen MR) is 89.7 cm³/mol. The Kier molecular flexibility index (Phi) is 4.29. The minimum atomic E-state index is 0.613. The van der Waals surface area contributed by atoms with Crippen LogP contribution < -0.4 is 0 Å². The van der Waals surface area contributed by atoms with Crippen molar-refractivity contribution in [3.05, 3.63) is 27.4 Å². The highest BCUT2D eigenvalue weighted by atomic mass is 79.9. The number of likely N-dealkylation sites (tertiary alicyclic amines) is 1. The Labute approximate surface area is 133 Å². The second kappa shape index (κ2) is 6.00. The highest BCUT2D eigenvalue weighted by molar-refractivity contribution is 9.10. The molecule has 0 amide bonds. The highest BCUT2D eigenvalue weighted by Crippen LogP contribution is 2.21. The fourth-order valence-corrected chi connectivity index (χ4v) is 3.74. The summed E-state index contributed by atoms with van der Waals surface area (Å²) in [5.74, 6) is 0.613. The van der Waals surface area contributed by atoms with Gasteiger partial charge < -0.3 is 14.5 Å². The first-order valence-corrected chi connectivity index (χ1v) is 8.44. The van der Waals surface area contributed by atoms with Crippen LogP contribution in [0.3, 0.4) is 0 Å². The quantitative estimate of drug-likeness (QED) is 0.833. The monoisotopic (exact) mass is 353 g/mol. The van der Waals surface area contributed by atoms with E-state index < -0.39 is 0 Å². The predicted octanol–water partition coefficient (Wildman–Crippen LogP) is 4.19. The SMILES string of the molecule is CC(CN1CCCC1)Cn1c(=S)[nH]c2cc(Br)ccc21. The lowest BCUT2D eigenvalue weighted by Crippen LogP contribution is -2.27. The summed E-state index contributed by atoms with van der Waals surface area (Å²) in [7, 11) is 0. The minimum absolute atomic E-state index is 0.613. The zero-order valence-electron chi connectivity index (χ0n) is 11.7. The van der Waals surface area contributed by atoms with Gasteiger partial charge in [0.25, 0.3) is 0 Å². The molecule has 2 heterocycles. The van der Waals surface area contributed by atoms with Crippen LogP contribution in [0.25, 0.3) is 11.0 Å². The lowest BCUT2D eigenvalue weighted by molar-refractivity contribution is 0.272. The molecule has 1 aliphatic rings. The molecule has 0 aliphatic carbocycles. The smallest absolute Gasteiger partial charge is 0.178 e. The van der Waals surface area contributed by atoms with Crippen LogP contribution in [-0.2, 0) is 6.54 Å². The average Bonchev–Trinajstić information content (AvgIpc) is 2.98. The van der Waals surface area contributed by atoms with Crippen molar-refractivity contribution in [2.75, 3.05) is 19.6 Å². The van der Waals surface area contributed by atoms with E-state index in [-0.39, 0.29) is 0 Å². The largest absolute Gasteiger partial charge is 0.331 e. The fourth-order valence-electron chi connectivity index (χ4n) is 3.09. The van der Waals surface area contributed by atoms with Gasteiger partial charge in [0.05, 0.1) is 11.0 Å². The summed E-state index contributed by atoms with van der Waals surface area (Å²) in [6, 6.07) is 6.30. The number of imidazole rings is 1. The molecule has 3 nitrogen and oxygen atoms in total. The summed E-state index contributed by atoms with van der Waals surface area (Å²) in [5, 5.41) is 0. The number of nitrogens with one attached hydrogen (secondary N) is 1. The number of aromatic amines is 1. The Morgan fingerprint density at radius 1 is 1.30 bits per heavy atom. The van der Waals surface area contributed by atoms with Gasteiger partial charge in [0.2, 0.25) is 0 Å². The Morgan fingerprint density at radius 3 is 2.80 bits per heavy atom. The van der Waals surface area contributed by atoms with Crippen molar-refractivity contribution in [2.24, 2.45) is 5.92 Å². The fraction of sp³-hybridized carbons (Fsp3) is 0.533. The molecular formula is C15H20BrN3S. The van der Waals surface area contributed by atoms with Crippen LogP contribution >= 0.6 is 28.1 Å². The van der Waals surface area contributed by atoms with Crippen LogP contribution in [-0.4, -0.2) is 34.1 Å². The lowest BCUT2D eigenvalue weighted by Gasteiger charge is -2.20. The molecule has 1 unspecified atom stereocenters. The molecule has 0 bridgehead atoms. The van der Waals surface area contributed by atoms with E-state index in [9.17, 15) is 0 Å². The van der Waals surface area contributed by atoms with Gasteiger partial charge in [-0.15, -0.1) is 0 Å². The lowest BCUT2D eigenvalue weighted by atomic mass is 10.1. The van der Waals surface area contributed by atoms with E-state index >= 15 is 0 Å². The van der Waals surface area contributed by atoms with Crippen LogP contribution in [0, 0.1) is 10.7 Å². The van der Waals surface area contributed by atoms with Crippen molar-refractivity contribution in [2.45, 2.75) is 26.3 Å². The van der Waals surface area contributed by atoms with E-state index in [4.69, 9.17) is 12.2 Å². The summed E-state index contributed by atoms with van der Waals surface area (Å²) in [6.45, 7) is 6.99. The first-order chi connectivity index (χ1) is 9.63. The normalized spacial score (nSPS) is 17.9. The second-order valence-corrected chi connectivity index (χ2v) is 7.12. The molecule has 1 aliphatic heterocycles. The van der Waals surface area contributed by atoms with Gasteiger partial charge in [0.1, 0.15) is 0 Å². The van der Waals surface area contributed by atoms with Gasteiger partial charge in [-0.05, 0) is 62.3 Å². The maximum absolute atomic E-state index is 5.48. The summed E-state index contributed by atoms with van der Waals surface area (Å²) in [6.07, 6.45) is 2.71. The molecule has 0 spiro atoms. The average molecular weight is 354 g/mol.